The Balaban J connectivity index is 1.60. The van der Waals surface area contributed by atoms with Gasteiger partial charge in [0.1, 0.15) is 5.82 Å². The Morgan fingerprint density at radius 1 is 1.00 bits per heavy atom. The van der Waals surface area contributed by atoms with E-state index in [1.807, 2.05) is 4.90 Å². The number of benzene rings is 2. The van der Waals surface area contributed by atoms with Gasteiger partial charge < -0.3 is 5.32 Å². The monoisotopic (exact) mass is 391 g/mol. The highest BCUT2D eigenvalue weighted by atomic mass is 32.2. The molecule has 1 heterocycles. The molecule has 3 rings (SSSR count). The molecule has 0 spiro atoms. The predicted octanol–water partition coefficient (Wildman–Crippen LogP) is 2.16. The van der Waals surface area contributed by atoms with Crippen molar-refractivity contribution in [3.05, 3.63) is 60.4 Å². The number of hydrogen-bond donors (Lipinski definition) is 1. The highest BCUT2D eigenvalue weighted by molar-refractivity contribution is 7.89. The third-order valence-electron chi connectivity index (χ3n) is 4.71. The van der Waals surface area contributed by atoms with Crippen LogP contribution in [0.3, 0.4) is 0 Å². The second-order valence-electron chi connectivity index (χ2n) is 6.40. The predicted molar refractivity (Wildman–Crippen MR) is 101 cm³/mol. The summed E-state index contributed by atoms with van der Waals surface area (Å²) in [5.41, 5.74) is 0.139. The lowest BCUT2D eigenvalue weighted by molar-refractivity contribution is -0.121. The summed E-state index contributed by atoms with van der Waals surface area (Å²) in [7, 11) is -3.53. The lowest BCUT2D eigenvalue weighted by atomic mass is 10.2. The third kappa shape index (κ3) is 4.35. The van der Waals surface area contributed by atoms with Gasteiger partial charge in [-0.05, 0) is 31.2 Å². The van der Waals surface area contributed by atoms with E-state index < -0.39 is 21.9 Å². The molecular formula is C19H22FN3O3S. The smallest absolute Gasteiger partial charge is 0.243 e. The van der Waals surface area contributed by atoms with Gasteiger partial charge in [0.05, 0.1) is 16.6 Å². The van der Waals surface area contributed by atoms with Crippen molar-refractivity contribution in [3.8, 4) is 0 Å². The van der Waals surface area contributed by atoms with Crippen molar-refractivity contribution in [2.45, 2.75) is 17.9 Å². The van der Waals surface area contributed by atoms with Gasteiger partial charge in [-0.3, -0.25) is 9.69 Å². The average molecular weight is 391 g/mol. The quantitative estimate of drug-likeness (QED) is 0.848. The van der Waals surface area contributed by atoms with Crippen LogP contribution in [-0.2, 0) is 14.8 Å². The normalized spacial score (nSPS) is 17.4. The molecule has 1 aliphatic heterocycles. The zero-order valence-electron chi connectivity index (χ0n) is 15.0. The number of sulfonamides is 1. The maximum atomic E-state index is 13.7. The van der Waals surface area contributed by atoms with E-state index in [2.05, 4.69) is 5.32 Å². The van der Waals surface area contributed by atoms with Gasteiger partial charge in [0.15, 0.2) is 0 Å². The van der Waals surface area contributed by atoms with Crippen LogP contribution in [0, 0.1) is 5.82 Å². The van der Waals surface area contributed by atoms with Crippen LogP contribution in [-0.4, -0.2) is 55.8 Å². The molecule has 144 valence electrons. The molecule has 1 fully saturated rings. The summed E-state index contributed by atoms with van der Waals surface area (Å²) in [6, 6.07) is 13.8. The highest BCUT2D eigenvalue weighted by Gasteiger charge is 2.31. The number of carbonyl (C=O) groups is 1. The first-order valence-corrected chi connectivity index (χ1v) is 10.2. The van der Waals surface area contributed by atoms with E-state index in [0.717, 1.165) is 0 Å². The Kier molecular flexibility index (Phi) is 5.88. The van der Waals surface area contributed by atoms with Crippen LogP contribution in [0.5, 0.6) is 0 Å². The van der Waals surface area contributed by atoms with E-state index >= 15 is 0 Å². The summed E-state index contributed by atoms with van der Waals surface area (Å²) < 4.78 is 40.5. The molecule has 1 aliphatic rings. The number of anilines is 1. The number of nitrogens with zero attached hydrogens (tertiary/aromatic N) is 2. The first-order chi connectivity index (χ1) is 12.9. The molecule has 2 aromatic rings. The standard InChI is InChI=1S/C19H22FN3O3S/c1-15(19(24)21-18-10-6-5-9-17(18)20)22-11-13-23(14-12-22)27(25,26)16-7-3-2-4-8-16/h2-10,15H,11-14H2,1H3,(H,21,24)/t15-/m0/s1. The number of hydrogen-bond acceptors (Lipinski definition) is 4. The highest BCUT2D eigenvalue weighted by Crippen LogP contribution is 2.19. The van der Waals surface area contributed by atoms with Gasteiger partial charge in [-0.25, -0.2) is 12.8 Å². The molecule has 0 aliphatic carbocycles. The Morgan fingerprint density at radius 2 is 1.59 bits per heavy atom. The minimum Gasteiger partial charge on any atom is -0.322 e. The molecule has 1 saturated heterocycles. The van der Waals surface area contributed by atoms with Crippen molar-refractivity contribution in [1.29, 1.82) is 0 Å². The number of amides is 1. The van der Waals surface area contributed by atoms with Crippen LogP contribution in [0.15, 0.2) is 59.5 Å². The van der Waals surface area contributed by atoms with Crippen molar-refractivity contribution >= 4 is 21.6 Å². The summed E-state index contributed by atoms with van der Waals surface area (Å²) in [6.45, 7) is 3.19. The fourth-order valence-electron chi connectivity index (χ4n) is 3.04. The molecule has 1 N–H and O–H groups in total. The molecule has 8 heteroatoms. The van der Waals surface area contributed by atoms with Gasteiger partial charge in [0, 0.05) is 26.2 Å². The number of piperazine rings is 1. The van der Waals surface area contributed by atoms with E-state index in [1.54, 1.807) is 49.4 Å². The summed E-state index contributed by atoms with van der Waals surface area (Å²) >= 11 is 0. The fourth-order valence-corrected chi connectivity index (χ4v) is 4.48. The van der Waals surface area contributed by atoms with Crippen LogP contribution in [0.2, 0.25) is 0 Å². The van der Waals surface area contributed by atoms with E-state index in [4.69, 9.17) is 0 Å². The minimum atomic E-state index is -3.53. The van der Waals surface area contributed by atoms with E-state index in [0.29, 0.717) is 26.2 Å². The molecule has 0 radical (unpaired) electrons. The van der Waals surface area contributed by atoms with Crippen LogP contribution in [0.1, 0.15) is 6.92 Å². The van der Waals surface area contributed by atoms with E-state index in [9.17, 15) is 17.6 Å². The molecule has 0 saturated carbocycles. The summed E-state index contributed by atoms with van der Waals surface area (Å²) in [4.78, 5) is 14.6. The Morgan fingerprint density at radius 3 is 2.22 bits per heavy atom. The van der Waals surface area contributed by atoms with Gasteiger partial charge in [-0.1, -0.05) is 30.3 Å². The van der Waals surface area contributed by atoms with Crippen molar-refractivity contribution in [2.24, 2.45) is 0 Å². The lowest BCUT2D eigenvalue weighted by Crippen LogP contribution is -2.53. The van der Waals surface area contributed by atoms with Crippen molar-refractivity contribution in [2.75, 3.05) is 31.5 Å². The number of carbonyl (C=O) groups excluding carboxylic acids is 1. The second kappa shape index (κ2) is 8.16. The molecule has 2 aromatic carbocycles. The molecule has 0 bridgehead atoms. The zero-order valence-corrected chi connectivity index (χ0v) is 15.8. The number of rotatable bonds is 5. The molecule has 0 aromatic heterocycles. The number of para-hydroxylation sites is 1. The molecule has 27 heavy (non-hydrogen) atoms. The number of nitrogens with one attached hydrogen (secondary N) is 1. The fraction of sp³-hybridized carbons (Fsp3) is 0.316. The Bertz CT molecular complexity index is 897. The summed E-state index contributed by atoms with van der Waals surface area (Å²) in [6.07, 6.45) is 0. The number of halogens is 1. The molecule has 6 nitrogen and oxygen atoms in total. The molecule has 0 unspecified atom stereocenters. The van der Waals surface area contributed by atoms with Gasteiger partial charge >= 0.3 is 0 Å². The molecular weight excluding hydrogens is 369 g/mol. The maximum Gasteiger partial charge on any atom is 0.243 e. The maximum absolute atomic E-state index is 13.7. The van der Waals surface area contributed by atoms with Crippen molar-refractivity contribution < 1.29 is 17.6 Å². The van der Waals surface area contributed by atoms with Crippen molar-refractivity contribution in [3.63, 3.8) is 0 Å². The summed E-state index contributed by atoms with van der Waals surface area (Å²) in [5.74, 6) is -0.809. The first-order valence-electron chi connectivity index (χ1n) is 8.74. The van der Waals surface area contributed by atoms with Gasteiger partial charge in [0.25, 0.3) is 0 Å². The van der Waals surface area contributed by atoms with Crippen LogP contribution >= 0.6 is 0 Å². The van der Waals surface area contributed by atoms with Gasteiger partial charge in [-0.15, -0.1) is 0 Å². The van der Waals surface area contributed by atoms with Crippen LogP contribution in [0.25, 0.3) is 0 Å². The second-order valence-corrected chi connectivity index (χ2v) is 8.34. The van der Waals surface area contributed by atoms with Gasteiger partial charge in [-0.2, -0.15) is 4.31 Å². The summed E-state index contributed by atoms with van der Waals surface area (Å²) in [5, 5.41) is 2.59. The average Bonchev–Trinajstić information content (AvgIpc) is 2.70. The topological polar surface area (TPSA) is 69.7 Å². The van der Waals surface area contributed by atoms with Crippen molar-refractivity contribution in [1.82, 2.24) is 9.21 Å². The van der Waals surface area contributed by atoms with Crippen LogP contribution in [0.4, 0.5) is 10.1 Å². The largest absolute Gasteiger partial charge is 0.322 e. The van der Waals surface area contributed by atoms with Crippen LogP contribution < -0.4 is 5.32 Å². The Labute approximate surface area is 158 Å². The minimum absolute atomic E-state index is 0.139. The zero-order chi connectivity index (χ0) is 19.4. The lowest BCUT2D eigenvalue weighted by Gasteiger charge is -2.36. The SMILES string of the molecule is C[C@@H](C(=O)Nc1ccccc1F)N1CCN(S(=O)(=O)c2ccccc2)CC1. The molecule has 1 amide bonds. The van der Waals surface area contributed by atoms with E-state index in [-0.39, 0.29) is 16.5 Å². The van der Waals surface area contributed by atoms with Gasteiger partial charge in [0.2, 0.25) is 15.9 Å². The molecule has 1 atom stereocenters. The third-order valence-corrected chi connectivity index (χ3v) is 6.63. The Hall–Kier alpha value is -2.29. The van der Waals surface area contributed by atoms with E-state index in [1.165, 1.54) is 16.4 Å². The first kappa shape index (κ1) is 19.5.